The van der Waals surface area contributed by atoms with Crippen molar-refractivity contribution >= 4 is 5.97 Å². The van der Waals surface area contributed by atoms with E-state index >= 15 is 0 Å². The molecule has 0 amide bonds. The van der Waals surface area contributed by atoms with Crippen LogP contribution >= 0.6 is 0 Å². The van der Waals surface area contributed by atoms with Crippen molar-refractivity contribution < 1.29 is 9.90 Å². The zero-order valence-electron chi connectivity index (χ0n) is 10.8. The first-order valence-electron chi connectivity index (χ1n) is 6.69. The fourth-order valence-electron chi connectivity index (χ4n) is 2.79. The molecule has 18 heavy (non-hydrogen) atoms. The Hall–Kier alpha value is -1.57. The summed E-state index contributed by atoms with van der Waals surface area (Å²) in [6.07, 6.45) is 5.81. The molecule has 0 fully saturated rings. The van der Waals surface area contributed by atoms with Crippen LogP contribution in [0.4, 0.5) is 0 Å². The summed E-state index contributed by atoms with van der Waals surface area (Å²) < 4.78 is 0. The van der Waals surface area contributed by atoms with Crippen LogP contribution in [-0.2, 0) is 4.79 Å². The summed E-state index contributed by atoms with van der Waals surface area (Å²) >= 11 is 0. The van der Waals surface area contributed by atoms with Crippen LogP contribution in [-0.4, -0.2) is 11.1 Å². The first-order chi connectivity index (χ1) is 8.72. The van der Waals surface area contributed by atoms with Gasteiger partial charge in [-0.15, -0.1) is 0 Å². The number of hydrogen-bond donors (Lipinski definition) is 1. The van der Waals surface area contributed by atoms with Gasteiger partial charge in [-0.05, 0) is 37.2 Å². The summed E-state index contributed by atoms with van der Waals surface area (Å²) in [5, 5.41) is 9.17. The van der Waals surface area contributed by atoms with E-state index in [0.29, 0.717) is 12.3 Å². The Morgan fingerprint density at radius 3 is 2.61 bits per heavy atom. The van der Waals surface area contributed by atoms with E-state index in [0.717, 1.165) is 24.8 Å². The number of hydrogen-bond acceptors (Lipinski definition) is 1. The predicted molar refractivity (Wildman–Crippen MR) is 72.5 cm³/mol. The second-order valence-corrected chi connectivity index (χ2v) is 4.96. The average molecular weight is 244 g/mol. The third kappa shape index (κ3) is 2.81. The highest BCUT2D eigenvalue weighted by atomic mass is 16.4. The first-order valence-corrected chi connectivity index (χ1v) is 6.69. The molecular weight excluding hydrogens is 224 g/mol. The third-order valence-electron chi connectivity index (χ3n) is 3.87. The molecule has 0 aliphatic heterocycles. The Morgan fingerprint density at radius 2 is 2.11 bits per heavy atom. The fraction of sp³-hybridized carbons (Fsp3) is 0.438. The lowest BCUT2D eigenvalue weighted by atomic mass is 9.80. The maximum Gasteiger partial charge on any atom is 0.310 e. The number of carboxylic acid groups (broad SMARTS) is 1. The molecular formula is C16H20O2. The normalized spacial score (nSPS) is 21.2. The number of aliphatic carboxylic acids is 1. The standard InChI is InChI=1S/C16H20O2/c1-2-15(16(17)18)14-10-8-13(9-11-14)12-6-4-3-5-7-12/h3-7,10,13,15H,2,8-9,11H2,1H3,(H,17,18). The minimum atomic E-state index is -0.679. The summed E-state index contributed by atoms with van der Waals surface area (Å²) in [5.41, 5.74) is 2.49. The molecule has 0 bridgehead atoms. The van der Waals surface area contributed by atoms with Gasteiger partial charge < -0.3 is 5.11 Å². The average Bonchev–Trinajstić information content (AvgIpc) is 2.41. The maximum absolute atomic E-state index is 11.1. The molecule has 0 spiro atoms. The third-order valence-corrected chi connectivity index (χ3v) is 3.87. The van der Waals surface area contributed by atoms with Crippen molar-refractivity contribution in [1.29, 1.82) is 0 Å². The van der Waals surface area contributed by atoms with Gasteiger partial charge in [-0.3, -0.25) is 4.79 Å². The smallest absolute Gasteiger partial charge is 0.310 e. The highest BCUT2D eigenvalue weighted by Crippen LogP contribution is 2.35. The van der Waals surface area contributed by atoms with Gasteiger partial charge in [0.05, 0.1) is 5.92 Å². The van der Waals surface area contributed by atoms with Crippen LogP contribution in [0.5, 0.6) is 0 Å². The minimum Gasteiger partial charge on any atom is -0.481 e. The topological polar surface area (TPSA) is 37.3 Å². The van der Waals surface area contributed by atoms with E-state index in [1.807, 2.05) is 13.0 Å². The SMILES string of the molecule is CCC(C(=O)O)C1=CCC(c2ccccc2)CC1. The minimum absolute atomic E-state index is 0.276. The first kappa shape index (κ1) is 12.9. The molecule has 2 rings (SSSR count). The van der Waals surface area contributed by atoms with E-state index < -0.39 is 5.97 Å². The van der Waals surface area contributed by atoms with E-state index in [2.05, 4.69) is 30.3 Å². The Bertz CT molecular complexity index is 434. The summed E-state index contributed by atoms with van der Waals surface area (Å²) in [7, 11) is 0. The second-order valence-electron chi connectivity index (χ2n) is 4.96. The van der Waals surface area contributed by atoms with Crippen molar-refractivity contribution in [3.05, 3.63) is 47.5 Å². The zero-order chi connectivity index (χ0) is 13.0. The van der Waals surface area contributed by atoms with Crippen molar-refractivity contribution in [1.82, 2.24) is 0 Å². The molecule has 0 aromatic heterocycles. The van der Waals surface area contributed by atoms with Crippen molar-refractivity contribution in [3.8, 4) is 0 Å². The molecule has 0 saturated carbocycles. The molecule has 0 heterocycles. The van der Waals surface area contributed by atoms with Crippen molar-refractivity contribution in [2.24, 2.45) is 5.92 Å². The Balaban J connectivity index is 2.06. The van der Waals surface area contributed by atoms with Crippen molar-refractivity contribution in [2.75, 3.05) is 0 Å². The summed E-state index contributed by atoms with van der Waals surface area (Å²) in [6, 6.07) is 10.5. The lowest BCUT2D eigenvalue weighted by molar-refractivity contribution is -0.140. The van der Waals surface area contributed by atoms with Gasteiger partial charge in [-0.1, -0.05) is 48.9 Å². The highest BCUT2D eigenvalue weighted by Gasteiger charge is 2.24. The predicted octanol–water partition coefficient (Wildman–Crippen LogP) is 3.99. The van der Waals surface area contributed by atoms with Gasteiger partial charge in [-0.25, -0.2) is 0 Å². The molecule has 96 valence electrons. The number of rotatable bonds is 4. The van der Waals surface area contributed by atoms with Crippen molar-refractivity contribution in [2.45, 2.75) is 38.5 Å². The van der Waals surface area contributed by atoms with E-state index in [1.165, 1.54) is 5.56 Å². The van der Waals surface area contributed by atoms with Gasteiger partial charge in [0.15, 0.2) is 0 Å². The molecule has 2 nitrogen and oxygen atoms in total. The quantitative estimate of drug-likeness (QED) is 0.813. The maximum atomic E-state index is 11.1. The van der Waals surface area contributed by atoms with Crippen molar-refractivity contribution in [3.63, 3.8) is 0 Å². The van der Waals surface area contributed by atoms with Crippen LogP contribution in [0.25, 0.3) is 0 Å². The summed E-state index contributed by atoms with van der Waals surface area (Å²) in [6.45, 7) is 1.95. The van der Waals surface area contributed by atoms with E-state index in [-0.39, 0.29) is 5.92 Å². The number of carboxylic acids is 1. The molecule has 1 aliphatic rings. The van der Waals surface area contributed by atoms with Gasteiger partial charge in [-0.2, -0.15) is 0 Å². The lowest BCUT2D eigenvalue weighted by Crippen LogP contribution is -2.18. The van der Waals surface area contributed by atoms with E-state index in [4.69, 9.17) is 5.11 Å². The number of carbonyl (C=O) groups is 1. The van der Waals surface area contributed by atoms with Gasteiger partial charge in [0.1, 0.15) is 0 Å². The van der Waals surface area contributed by atoms with Crippen LogP contribution in [0, 0.1) is 5.92 Å². The zero-order valence-corrected chi connectivity index (χ0v) is 10.8. The second kappa shape index (κ2) is 5.85. The Morgan fingerprint density at radius 1 is 1.39 bits per heavy atom. The molecule has 2 atom stereocenters. The van der Waals surface area contributed by atoms with Crippen LogP contribution < -0.4 is 0 Å². The summed E-state index contributed by atoms with van der Waals surface area (Å²) in [4.78, 5) is 11.1. The molecule has 2 unspecified atom stereocenters. The lowest BCUT2D eigenvalue weighted by Gasteiger charge is -2.25. The van der Waals surface area contributed by atoms with Crippen LogP contribution in [0.15, 0.2) is 42.0 Å². The largest absolute Gasteiger partial charge is 0.481 e. The van der Waals surface area contributed by atoms with Gasteiger partial charge >= 0.3 is 5.97 Å². The molecule has 0 radical (unpaired) electrons. The van der Waals surface area contributed by atoms with Crippen LogP contribution in [0.2, 0.25) is 0 Å². The Labute approximate surface area is 108 Å². The van der Waals surface area contributed by atoms with Crippen LogP contribution in [0.1, 0.15) is 44.1 Å². The molecule has 1 aromatic carbocycles. The molecule has 1 aliphatic carbocycles. The number of allylic oxidation sites excluding steroid dienone is 1. The van der Waals surface area contributed by atoms with E-state index in [9.17, 15) is 4.79 Å². The van der Waals surface area contributed by atoms with Gasteiger partial charge in [0, 0.05) is 0 Å². The molecule has 0 saturated heterocycles. The van der Waals surface area contributed by atoms with E-state index in [1.54, 1.807) is 0 Å². The monoisotopic (exact) mass is 244 g/mol. The molecule has 1 aromatic rings. The Kier molecular flexibility index (Phi) is 4.19. The molecule has 2 heteroatoms. The summed E-state index contributed by atoms with van der Waals surface area (Å²) in [5.74, 6) is -0.398. The van der Waals surface area contributed by atoms with Crippen LogP contribution in [0.3, 0.4) is 0 Å². The van der Waals surface area contributed by atoms with Gasteiger partial charge in [0.25, 0.3) is 0 Å². The number of benzene rings is 1. The molecule has 1 N–H and O–H groups in total. The van der Waals surface area contributed by atoms with Gasteiger partial charge in [0.2, 0.25) is 0 Å². The fourth-order valence-corrected chi connectivity index (χ4v) is 2.79. The highest BCUT2D eigenvalue weighted by molar-refractivity contribution is 5.73.